The van der Waals surface area contributed by atoms with E-state index in [2.05, 4.69) is 9.97 Å². The number of fused-ring (bicyclic) bond motifs is 1. The highest BCUT2D eigenvalue weighted by Crippen LogP contribution is 2.28. The third-order valence-electron chi connectivity index (χ3n) is 3.36. The lowest BCUT2D eigenvalue weighted by Gasteiger charge is -2.06. The van der Waals surface area contributed by atoms with Crippen molar-refractivity contribution in [1.82, 2.24) is 9.97 Å². The number of benzene rings is 1. The van der Waals surface area contributed by atoms with Crippen LogP contribution in [0.15, 0.2) is 24.5 Å². The number of rotatable bonds is 2. The molecule has 3 N–H and O–H groups in total. The topological polar surface area (TPSA) is 95.6 Å². The molecule has 0 atom stereocenters. The van der Waals surface area contributed by atoms with Crippen LogP contribution >= 0.6 is 0 Å². The molecule has 114 valence electrons. The molecule has 0 aliphatic carbocycles. The van der Waals surface area contributed by atoms with Crippen molar-refractivity contribution in [3.8, 4) is 6.07 Å². The highest BCUT2D eigenvalue weighted by atomic mass is 19.1. The Morgan fingerprint density at radius 3 is 2.70 bits per heavy atom. The smallest absolute Gasteiger partial charge is 0.201 e. The van der Waals surface area contributed by atoms with Crippen molar-refractivity contribution < 1.29 is 18.0 Å². The zero-order valence-electron chi connectivity index (χ0n) is 11.3. The first-order chi connectivity index (χ1) is 11.0. The van der Waals surface area contributed by atoms with Crippen LogP contribution in [0.4, 0.5) is 18.9 Å². The van der Waals surface area contributed by atoms with Gasteiger partial charge < -0.3 is 10.7 Å². The Morgan fingerprint density at radius 2 is 2.00 bits per heavy atom. The molecule has 0 bridgehead atoms. The molecule has 0 saturated carbocycles. The lowest BCUT2D eigenvalue weighted by Crippen LogP contribution is -2.09. The lowest BCUT2D eigenvalue weighted by molar-refractivity contribution is 0.103. The number of pyridine rings is 1. The van der Waals surface area contributed by atoms with E-state index in [1.807, 2.05) is 0 Å². The van der Waals surface area contributed by atoms with Gasteiger partial charge in [0.15, 0.2) is 11.6 Å². The van der Waals surface area contributed by atoms with Crippen molar-refractivity contribution in [2.24, 2.45) is 0 Å². The average Bonchev–Trinajstić information content (AvgIpc) is 2.95. The first-order valence-corrected chi connectivity index (χ1v) is 6.29. The quantitative estimate of drug-likeness (QED) is 0.561. The third kappa shape index (κ3) is 2.10. The number of nitrogens with zero attached hydrogens (tertiary/aromatic N) is 2. The second-order valence-electron chi connectivity index (χ2n) is 4.67. The van der Waals surface area contributed by atoms with Crippen LogP contribution in [0, 0.1) is 28.8 Å². The van der Waals surface area contributed by atoms with Gasteiger partial charge in [-0.2, -0.15) is 5.26 Å². The standard InChI is InChI=1S/C15H7F3N4O/c16-8-1-2-10(20)13(18)12(8)14(23)7-4-21-15-11(7)6(3-19)9(17)5-22-15/h1-2,4-5H,20H2,(H,21,22). The summed E-state index contributed by atoms with van der Waals surface area (Å²) in [5.74, 6) is -4.34. The van der Waals surface area contributed by atoms with Gasteiger partial charge >= 0.3 is 0 Å². The number of carbonyl (C=O) groups excluding carboxylic acids is 1. The first kappa shape index (κ1) is 14.6. The second kappa shape index (κ2) is 5.14. The van der Waals surface area contributed by atoms with Gasteiger partial charge in [-0.05, 0) is 12.1 Å². The number of hydrogen-bond acceptors (Lipinski definition) is 4. The summed E-state index contributed by atoms with van der Waals surface area (Å²) in [6.07, 6.45) is 1.93. The van der Waals surface area contributed by atoms with Gasteiger partial charge in [-0.25, -0.2) is 18.2 Å². The van der Waals surface area contributed by atoms with Crippen molar-refractivity contribution in [3.05, 3.63) is 58.7 Å². The minimum atomic E-state index is -1.22. The van der Waals surface area contributed by atoms with Crippen molar-refractivity contribution in [2.75, 3.05) is 5.73 Å². The van der Waals surface area contributed by atoms with Crippen molar-refractivity contribution in [3.63, 3.8) is 0 Å². The number of halogens is 3. The maximum atomic E-state index is 14.0. The summed E-state index contributed by atoms with van der Waals surface area (Å²) >= 11 is 0. The predicted octanol–water partition coefficient (Wildman–Crippen LogP) is 2.67. The molecule has 8 heteroatoms. The molecule has 0 amide bonds. The minimum Gasteiger partial charge on any atom is -0.396 e. The maximum absolute atomic E-state index is 14.0. The zero-order chi connectivity index (χ0) is 16.7. The van der Waals surface area contributed by atoms with Crippen LogP contribution in [-0.4, -0.2) is 15.8 Å². The van der Waals surface area contributed by atoms with E-state index in [0.717, 1.165) is 24.5 Å². The molecular formula is C15H7F3N4O. The Morgan fingerprint density at radius 1 is 1.26 bits per heavy atom. The van der Waals surface area contributed by atoms with Gasteiger partial charge in [0.25, 0.3) is 0 Å². The Kier molecular flexibility index (Phi) is 3.26. The van der Waals surface area contributed by atoms with Gasteiger partial charge in [0, 0.05) is 6.20 Å². The Balaban J connectivity index is 2.31. The van der Waals surface area contributed by atoms with Crippen LogP contribution in [0.2, 0.25) is 0 Å². The molecule has 3 rings (SSSR count). The molecule has 0 aliphatic heterocycles. The number of aromatic nitrogens is 2. The van der Waals surface area contributed by atoms with E-state index in [1.54, 1.807) is 6.07 Å². The van der Waals surface area contributed by atoms with E-state index in [-0.39, 0.29) is 16.6 Å². The SMILES string of the molecule is N#Cc1c(F)cnc2[nH]cc(C(=O)c3c(F)ccc(N)c3F)c12. The number of nitrogens with one attached hydrogen (secondary N) is 1. The molecule has 0 radical (unpaired) electrons. The molecule has 0 spiro atoms. The molecule has 2 heterocycles. The summed E-state index contributed by atoms with van der Waals surface area (Å²) in [5.41, 5.74) is 3.41. The molecule has 0 saturated heterocycles. The molecule has 0 unspecified atom stereocenters. The number of H-pyrrole nitrogens is 1. The fourth-order valence-electron chi connectivity index (χ4n) is 2.27. The van der Waals surface area contributed by atoms with Crippen LogP contribution in [-0.2, 0) is 0 Å². The average molecular weight is 316 g/mol. The molecule has 0 aliphatic rings. The molecule has 0 fully saturated rings. The van der Waals surface area contributed by atoms with Gasteiger partial charge in [-0.3, -0.25) is 4.79 Å². The monoisotopic (exact) mass is 316 g/mol. The molecule has 5 nitrogen and oxygen atoms in total. The number of ketones is 1. The van der Waals surface area contributed by atoms with E-state index < -0.39 is 40.0 Å². The van der Waals surface area contributed by atoms with Crippen molar-refractivity contribution >= 4 is 22.5 Å². The summed E-state index contributed by atoms with van der Waals surface area (Å²) in [4.78, 5) is 18.8. The number of nitrogen functional groups attached to an aromatic ring is 1. The second-order valence-corrected chi connectivity index (χ2v) is 4.67. The molecular weight excluding hydrogens is 309 g/mol. The Labute approximate surface area is 127 Å². The van der Waals surface area contributed by atoms with E-state index in [9.17, 15) is 18.0 Å². The van der Waals surface area contributed by atoms with Crippen LogP contribution in [0.5, 0.6) is 0 Å². The van der Waals surface area contributed by atoms with Gasteiger partial charge in [0.2, 0.25) is 5.78 Å². The van der Waals surface area contributed by atoms with E-state index >= 15 is 0 Å². The number of nitriles is 1. The Hall–Kier alpha value is -3.34. The first-order valence-electron chi connectivity index (χ1n) is 6.29. The molecule has 1 aromatic carbocycles. The van der Waals surface area contributed by atoms with Crippen LogP contribution < -0.4 is 5.73 Å². The zero-order valence-corrected chi connectivity index (χ0v) is 11.3. The normalized spacial score (nSPS) is 10.7. The van der Waals surface area contributed by atoms with Gasteiger partial charge in [-0.1, -0.05) is 0 Å². The number of hydrogen-bond donors (Lipinski definition) is 2. The van der Waals surface area contributed by atoms with Crippen LogP contribution in [0.1, 0.15) is 21.5 Å². The van der Waals surface area contributed by atoms with Crippen molar-refractivity contribution in [1.29, 1.82) is 5.26 Å². The third-order valence-corrected chi connectivity index (χ3v) is 3.36. The number of carbonyl (C=O) groups is 1. The van der Waals surface area contributed by atoms with E-state index in [0.29, 0.717) is 0 Å². The number of anilines is 1. The van der Waals surface area contributed by atoms with Crippen molar-refractivity contribution in [2.45, 2.75) is 0 Å². The van der Waals surface area contributed by atoms with Gasteiger partial charge in [0.1, 0.15) is 23.1 Å². The van der Waals surface area contributed by atoms with E-state index in [1.165, 1.54) is 0 Å². The molecule has 23 heavy (non-hydrogen) atoms. The van der Waals surface area contributed by atoms with Crippen LogP contribution in [0.3, 0.4) is 0 Å². The summed E-state index contributed by atoms with van der Waals surface area (Å²) in [6, 6.07) is 3.45. The Bertz CT molecular complexity index is 1000. The number of nitrogens with two attached hydrogens (primary N) is 1. The predicted molar refractivity (Wildman–Crippen MR) is 75.0 cm³/mol. The molecule has 3 aromatic rings. The highest BCUT2D eigenvalue weighted by Gasteiger charge is 2.25. The summed E-state index contributed by atoms with van der Waals surface area (Å²) < 4.78 is 41.6. The summed E-state index contributed by atoms with van der Waals surface area (Å²) in [6.45, 7) is 0. The summed E-state index contributed by atoms with van der Waals surface area (Å²) in [7, 11) is 0. The van der Waals surface area contributed by atoms with Gasteiger partial charge in [0.05, 0.1) is 28.4 Å². The highest BCUT2D eigenvalue weighted by molar-refractivity contribution is 6.17. The summed E-state index contributed by atoms with van der Waals surface area (Å²) in [5, 5.41) is 8.91. The lowest BCUT2D eigenvalue weighted by atomic mass is 9.99. The van der Waals surface area contributed by atoms with Gasteiger partial charge in [-0.15, -0.1) is 0 Å². The van der Waals surface area contributed by atoms with E-state index in [4.69, 9.17) is 11.0 Å². The van der Waals surface area contributed by atoms with Crippen LogP contribution in [0.25, 0.3) is 11.0 Å². The fraction of sp³-hybridized carbons (Fsp3) is 0. The number of aromatic amines is 1. The largest absolute Gasteiger partial charge is 0.396 e. The fourth-order valence-corrected chi connectivity index (χ4v) is 2.27. The minimum absolute atomic E-state index is 0.0519. The molecule has 2 aromatic heterocycles. The maximum Gasteiger partial charge on any atom is 0.201 e.